The molecule has 4 heteroatoms. The molecule has 0 aliphatic rings. The normalized spacial score (nSPS) is 16.3. The lowest BCUT2D eigenvalue weighted by Gasteiger charge is -2.18. The van der Waals surface area contributed by atoms with E-state index in [1.165, 1.54) is 6.92 Å². The maximum Gasteiger partial charge on any atom is 0.306 e. The van der Waals surface area contributed by atoms with Crippen LogP contribution in [0.2, 0.25) is 0 Å². The number of carbonyl (C=O) groups is 1. The van der Waals surface area contributed by atoms with Crippen LogP contribution < -0.4 is 0 Å². The number of carboxylic acid groups (broad SMARTS) is 1. The van der Waals surface area contributed by atoms with E-state index in [0.29, 0.717) is 0 Å². The van der Waals surface area contributed by atoms with Gasteiger partial charge in [-0.05, 0) is 13.3 Å². The maximum absolute atomic E-state index is 10.0. The average molecular weight is 150 g/mol. The van der Waals surface area contributed by atoms with Crippen LogP contribution in [0.5, 0.6) is 0 Å². The maximum atomic E-state index is 10.0. The fraction of sp³-hybridized carbons (Fsp3) is 0.833. The van der Waals surface area contributed by atoms with Crippen LogP contribution in [0.1, 0.15) is 19.8 Å². The van der Waals surface area contributed by atoms with Crippen LogP contribution in [0.3, 0.4) is 0 Å². The molecule has 0 aliphatic heterocycles. The zero-order valence-electron chi connectivity index (χ0n) is 5.87. The lowest BCUT2D eigenvalue weighted by Crippen LogP contribution is -2.28. The van der Waals surface area contributed by atoms with Crippen molar-refractivity contribution in [2.75, 3.05) is 6.61 Å². The number of hydrogen-bond acceptors (Lipinski definition) is 3. The SMILES string of the molecule is C[C@@](O)(CCO)C[14C](=O)O. The first-order chi connectivity index (χ1) is 4.48. The second-order valence-electron chi connectivity index (χ2n) is 2.54. The lowest BCUT2D eigenvalue weighted by molar-refractivity contribution is -0.142. The number of rotatable bonds is 4. The molecule has 0 spiro atoms. The monoisotopic (exact) mass is 150 g/mol. The molecule has 0 fully saturated rings. The fourth-order valence-electron chi connectivity index (χ4n) is 0.655. The van der Waals surface area contributed by atoms with Gasteiger partial charge >= 0.3 is 5.97 Å². The Morgan fingerprint density at radius 1 is 1.60 bits per heavy atom. The van der Waals surface area contributed by atoms with Gasteiger partial charge in [-0.3, -0.25) is 4.79 Å². The number of hydrogen-bond donors (Lipinski definition) is 3. The minimum Gasteiger partial charge on any atom is -0.481 e. The van der Waals surface area contributed by atoms with Crippen LogP contribution >= 0.6 is 0 Å². The molecule has 0 heterocycles. The van der Waals surface area contributed by atoms with Gasteiger partial charge in [-0.15, -0.1) is 0 Å². The van der Waals surface area contributed by atoms with E-state index < -0.39 is 11.6 Å². The van der Waals surface area contributed by atoms with Gasteiger partial charge in [0.05, 0.1) is 12.0 Å². The first-order valence-electron chi connectivity index (χ1n) is 3.03. The molecule has 0 saturated heterocycles. The smallest absolute Gasteiger partial charge is 0.306 e. The van der Waals surface area contributed by atoms with Crippen molar-refractivity contribution in [3.63, 3.8) is 0 Å². The molecule has 0 saturated carbocycles. The van der Waals surface area contributed by atoms with Crippen LogP contribution in [0.15, 0.2) is 0 Å². The first kappa shape index (κ1) is 9.39. The Bertz CT molecular complexity index is 119. The molecule has 0 bridgehead atoms. The number of aliphatic hydroxyl groups is 2. The van der Waals surface area contributed by atoms with E-state index in [-0.39, 0.29) is 19.4 Å². The van der Waals surface area contributed by atoms with Crippen molar-refractivity contribution in [2.24, 2.45) is 0 Å². The second kappa shape index (κ2) is 3.53. The topological polar surface area (TPSA) is 77.8 Å². The molecule has 3 N–H and O–H groups in total. The molecule has 0 aliphatic carbocycles. The Morgan fingerprint density at radius 3 is 2.40 bits per heavy atom. The van der Waals surface area contributed by atoms with E-state index >= 15 is 0 Å². The first-order valence-corrected chi connectivity index (χ1v) is 3.03. The van der Waals surface area contributed by atoms with Crippen molar-refractivity contribution in [1.29, 1.82) is 0 Å². The van der Waals surface area contributed by atoms with Crippen molar-refractivity contribution in [2.45, 2.75) is 25.4 Å². The van der Waals surface area contributed by atoms with Gasteiger partial charge in [-0.25, -0.2) is 0 Å². The van der Waals surface area contributed by atoms with Crippen LogP contribution in [0, 0.1) is 0 Å². The fourth-order valence-corrected chi connectivity index (χ4v) is 0.655. The summed E-state index contributed by atoms with van der Waals surface area (Å²) in [5, 5.41) is 25.7. The Labute approximate surface area is 59.1 Å². The summed E-state index contributed by atoms with van der Waals surface area (Å²) in [5.74, 6) is -1.06. The van der Waals surface area contributed by atoms with E-state index in [1.54, 1.807) is 0 Å². The Hall–Kier alpha value is -0.610. The summed E-state index contributed by atoms with van der Waals surface area (Å²) in [5.41, 5.74) is -1.28. The molecule has 0 unspecified atom stereocenters. The molecular formula is C6H12O4. The van der Waals surface area contributed by atoms with E-state index in [1.807, 2.05) is 0 Å². The second-order valence-corrected chi connectivity index (χ2v) is 2.54. The van der Waals surface area contributed by atoms with Crippen LogP contribution in [-0.4, -0.2) is 33.5 Å². The van der Waals surface area contributed by atoms with Gasteiger partial charge in [-0.2, -0.15) is 0 Å². The Morgan fingerprint density at radius 2 is 2.10 bits per heavy atom. The highest BCUT2D eigenvalue weighted by Gasteiger charge is 2.22. The third-order valence-corrected chi connectivity index (χ3v) is 1.18. The largest absolute Gasteiger partial charge is 0.481 e. The summed E-state index contributed by atoms with van der Waals surface area (Å²) in [4.78, 5) is 10.0. The molecule has 0 aromatic rings. The quantitative estimate of drug-likeness (QED) is 0.509. The van der Waals surface area contributed by atoms with Crippen LogP contribution in [0.4, 0.5) is 0 Å². The highest BCUT2D eigenvalue weighted by molar-refractivity contribution is 5.67. The summed E-state index contributed by atoms with van der Waals surface area (Å²) in [6.45, 7) is 1.19. The molecule has 0 aromatic carbocycles. The highest BCUT2D eigenvalue weighted by atomic mass is 16.6. The van der Waals surface area contributed by atoms with Gasteiger partial charge in [0.25, 0.3) is 0 Å². The predicted octanol–water partition coefficient (Wildman–Crippen LogP) is -0.406. The molecule has 4 nitrogen and oxygen atoms in total. The third kappa shape index (κ3) is 4.29. The average Bonchev–Trinajstić information content (AvgIpc) is 1.59. The zero-order chi connectivity index (χ0) is 8.20. The molecule has 0 amide bonds. The summed E-state index contributed by atoms with van der Waals surface area (Å²) in [6, 6.07) is 0. The van der Waals surface area contributed by atoms with Gasteiger partial charge < -0.3 is 15.3 Å². The van der Waals surface area contributed by atoms with Crippen LogP contribution in [-0.2, 0) is 4.79 Å². The molecule has 1 atom stereocenters. The Balaban J connectivity index is 3.74. The van der Waals surface area contributed by atoms with Crippen LogP contribution in [0.25, 0.3) is 0 Å². The van der Waals surface area contributed by atoms with Gasteiger partial charge in [-0.1, -0.05) is 0 Å². The van der Waals surface area contributed by atoms with E-state index in [2.05, 4.69) is 0 Å². The molecule has 0 radical (unpaired) electrons. The minimum absolute atomic E-state index is 0.0965. The molecule has 10 heavy (non-hydrogen) atoms. The van der Waals surface area contributed by atoms with E-state index in [4.69, 9.17) is 15.3 Å². The Kier molecular flexibility index (Phi) is 3.32. The van der Waals surface area contributed by atoms with Crippen molar-refractivity contribution < 1.29 is 20.1 Å². The predicted molar refractivity (Wildman–Crippen MR) is 34.6 cm³/mol. The summed E-state index contributed by atoms with van der Waals surface area (Å²) in [7, 11) is 0. The van der Waals surface area contributed by atoms with Gasteiger partial charge in [0.2, 0.25) is 0 Å². The van der Waals surface area contributed by atoms with E-state index in [0.717, 1.165) is 0 Å². The highest BCUT2D eigenvalue weighted by Crippen LogP contribution is 2.12. The molecule has 0 aromatic heterocycles. The summed E-state index contributed by atoms with van der Waals surface area (Å²) < 4.78 is 0. The number of aliphatic hydroxyl groups excluding tert-OH is 1. The summed E-state index contributed by atoms with van der Waals surface area (Å²) >= 11 is 0. The van der Waals surface area contributed by atoms with Crippen molar-refractivity contribution in [1.82, 2.24) is 0 Å². The lowest BCUT2D eigenvalue weighted by atomic mass is 10.0. The zero-order valence-corrected chi connectivity index (χ0v) is 5.87. The number of carboxylic acids is 1. The van der Waals surface area contributed by atoms with Crippen molar-refractivity contribution in [3.05, 3.63) is 0 Å². The van der Waals surface area contributed by atoms with Crippen molar-refractivity contribution in [3.8, 4) is 0 Å². The standard InChI is InChI=1S/C6H12O4/c1-6(10,2-3-7)4-5(8)9/h7,10H,2-4H2,1H3,(H,8,9)/t6-/m1/s1/i5+2. The van der Waals surface area contributed by atoms with E-state index in [9.17, 15) is 4.79 Å². The molecule has 60 valence electrons. The minimum atomic E-state index is -1.28. The van der Waals surface area contributed by atoms with Crippen molar-refractivity contribution >= 4 is 5.97 Å². The summed E-state index contributed by atoms with van der Waals surface area (Å²) in [6.07, 6.45) is -0.229. The van der Waals surface area contributed by atoms with Gasteiger partial charge in [0.1, 0.15) is 0 Å². The van der Waals surface area contributed by atoms with Gasteiger partial charge in [0.15, 0.2) is 0 Å². The van der Waals surface area contributed by atoms with Gasteiger partial charge in [0, 0.05) is 6.61 Å². The number of aliphatic carboxylic acids is 1. The molecule has 0 rings (SSSR count). The third-order valence-electron chi connectivity index (χ3n) is 1.18. The molecular weight excluding hydrogens is 138 g/mol.